The minimum absolute atomic E-state index is 0.0601. The van der Waals surface area contributed by atoms with Crippen LogP contribution in [0.1, 0.15) is 52.7 Å². The minimum Gasteiger partial charge on any atom is -0.273 e. The summed E-state index contributed by atoms with van der Waals surface area (Å²) in [6.45, 7) is 2.20. The summed E-state index contributed by atoms with van der Waals surface area (Å²) in [5.74, 6) is 0.103. The number of thiophene rings is 1. The van der Waals surface area contributed by atoms with Gasteiger partial charge in [0.1, 0.15) is 0 Å². The van der Waals surface area contributed by atoms with E-state index in [9.17, 15) is 18.0 Å². The van der Waals surface area contributed by atoms with Crippen LogP contribution in [0.5, 0.6) is 0 Å². The molecule has 3 rings (SSSR count). The molecule has 0 bridgehead atoms. The number of nitrogens with one attached hydrogen (secondary N) is 2. The predicted octanol–water partition coefficient (Wildman–Crippen LogP) is 1.85. The second-order valence-electron chi connectivity index (χ2n) is 7.05. The van der Waals surface area contributed by atoms with Crippen molar-refractivity contribution in [3.8, 4) is 0 Å². The van der Waals surface area contributed by atoms with E-state index in [0.29, 0.717) is 17.2 Å². The normalized spacial score (nSPS) is 24.5. The molecule has 1 aromatic rings. The topological polar surface area (TPSA) is 92.3 Å². The van der Waals surface area contributed by atoms with Gasteiger partial charge in [0, 0.05) is 11.3 Å². The molecule has 1 fully saturated rings. The van der Waals surface area contributed by atoms with Crippen molar-refractivity contribution >= 4 is 33.0 Å². The molecule has 0 saturated carbocycles. The molecule has 1 aliphatic carbocycles. The van der Waals surface area contributed by atoms with Gasteiger partial charge in [0.25, 0.3) is 5.91 Å². The molecule has 2 atom stereocenters. The molecular formula is C17H24N2O4S2. The molecule has 2 aliphatic rings. The fourth-order valence-corrected chi connectivity index (χ4v) is 6.56. The Labute approximate surface area is 152 Å². The molecule has 2 amide bonds. The van der Waals surface area contributed by atoms with Gasteiger partial charge in [-0.3, -0.25) is 20.4 Å². The number of amides is 2. The maximum atomic E-state index is 12.2. The van der Waals surface area contributed by atoms with Crippen molar-refractivity contribution < 1.29 is 18.0 Å². The van der Waals surface area contributed by atoms with Crippen LogP contribution < -0.4 is 10.9 Å². The second-order valence-corrected chi connectivity index (χ2v) is 10.4. The molecule has 0 spiro atoms. The summed E-state index contributed by atoms with van der Waals surface area (Å²) in [6.07, 6.45) is 5.01. The van der Waals surface area contributed by atoms with Crippen LogP contribution in [-0.2, 0) is 27.5 Å². The smallest absolute Gasteiger partial charge is 0.273 e. The highest BCUT2D eigenvalue weighted by Crippen LogP contribution is 2.33. The first-order valence-corrected chi connectivity index (χ1v) is 11.4. The molecule has 2 N–H and O–H groups in total. The molecule has 6 nitrogen and oxygen atoms in total. The molecule has 0 unspecified atom stereocenters. The summed E-state index contributed by atoms with van der Waals surface area (Å²) in [5, 5.41) is 0. The van der Waals surface area contributed by atoms with E-state index in [1.807, 2.05) is 6.07 Å². The number of aryl methyl sites for hydroxylation is 1. The van der Waals surface area contributed by atoms with Crippen LogP contribution in [0.2, 0.25) is 0 Å². The third kappa shape index (κ3) is 4.61. The van der Waals surface area contributed by atoms with E-state index in [2.05, 4.69) is 17.8 Å². The Morgan fingerprint density at radius 3 is 2.72 bits per heavy atom. The first kappa shape index (κ1) is 18.4. The van der Waals surface area contributed by atoms with Crippen molar-refractivity contribution in [2.75, 3.05) is 11.5 Å². The van der Waals surface area contributed by atoms with E-state index in [0.717, 1.165) is 19.3 Å². The molecule has 2 heterocycles. The Kier molecular flexibility index (Phi) is 5.48. The highest BCUT2D eigenvalue weighted by Gasteiger charge is 2.29. The van der Waals surface area contributed by atoms with E-state index in [1.54, 1.807) is 0 Å². The number of hydrogen-bond donors (Lipinski definition) is 2. The lowest BCUT2D eigenvalue weighted by Gasteiger charge is -2.19. The van der Waals surface area contributed by atoms with Crippen LogP contribution in [0.15, 0.2) is 6.07 Å². The summed E-state index contributed by atoms with van der Waals surface area (Å²) in [7, 11) is -2.99. The molecule has 0 radical (unpaired) electrons. The third-order valence-corrected chi connectivity index (χ3v) is 8.18. The molecule has 0 aromatic carbocycles. The van der Waals surface area contributed by atoms with E-state index in [1.165, 1.54) is 28.2 Å². The Hall–Kier alpha value is -1.41. The average molecular weight is 385 g/mol. The molecule has 1 aromatic heterocycles. The van der Waals surface area contributed by atoms with Gasteiger partial charge in [-0.05, 0) is 49.1 Å². The van der Waals surface area contributed by atoms with E-state index in [-0.39, 0.29) is 35.7 Å². The monoisotopic (exact) mass is 384 g/mol. The van der Waals surface area contributed by atoms with Crippen LogP contribution in [-0.4, -0.2) is 31.7 Å². The number of carbonyl (C=O) groups is 2. The maximum absolute atomic E-state index is 12.2. The van der Waals surface area contributed by atoms with Gasteiger partial charge in [0.05, 0.1) is 16.4 Å². The zero-order chi connectivity index (χ0) is 18.0. The van der Waals surface area contributed by atoms with Gasteiger partial charge in [-0.2, -0.15) is 0 Å². The van der Waals surface area contributed by atoms with Crippen molar-refractivity contribution in [3.63, 3.8) is 0 Å². The SMILES string of the molecule is CC[C@@H]1CCc2sc(C(=O)NNC(=O)C[C@H]3CCS(=O)(=O)C3)cc2C1. The highest BCUT2D eigenvalue weighted by molar-refractivity contribution is 7.91. The number of rotatable bonds is 4. The Bertz CT molecular complexity index is 770. The minimum atomic E-state index is -2.99. The van der Waals surface area contributed by atoms with Crippen LogP contribution >= 0.6 is 11.3 Å². The zero-order valence-corrected chi connectivity index (χ0v) is 16.0. The summed E-state index contributed by atoms with van der Waals surface area (Å²) in [5.41, 5.74) is 6.12. The van der Waals surface area contributed by atoms with Gasteiger partial charge in [-0.25, -0.2) is 8.42 Å². The fraction of sp³-hybridized carbons (Fsp3) is 0.647. The van der Waals surface area contributed by atoms with E-state index >= 15 is 0 Å². The van der Waals surface area contributed by atoms with Crippen LogP contribution in [0.4, 0.5) is 0 Å². The van der Waals surface area contributed by atoms with Gasteiger partial charge in [0.15, 0.2) is 9.84 Å². The first-order chi connectivity index (χ1) is 11.9. The van der Waals surface area contributed by atoms with Gasteiger partial charge in [-0.15, -0.1) is 11.3 Å². The maximum Gasteiger partial charge on any atom is 0.279 e. The summed E-state index contributed by atoms with van der Waals surface area (Å²) < 4.78 is 22.8. The molecule has 1 aliphatic heterocycles. The van der Waals surface area contributed by atoms with Crippen molar-refractivity contribution in [1.82, 2.24) is 10.9 Å². The summed E-state index contributed by atoms with van der Waals surface area (Å²) in [4.78, 5) is 26.0. The number of carbonyl (C=O) groups excluding carboxylic acids is 2. The highest BCUT2D eigenvalue weighted by atomic mass is 32.2. The van der Waals surface area contributed by atoms with Crippen molar-refractivity contribution in [2.24, 2.45) is 11.8 Å². The number of fused-ring (bicyclic) bond motifs is 1. The Morgan fingerprint density at radius 1 is 1.24 bits per heavy atom. The Morgan fingerprint density at radius 2 is 2.04 bits per heavy atom. The molecule has 1 saturated heterocycles. The standard InChI is InChI=1S/C17H24N2O4S2/c1-2-11-3-4-14-13(7-11)9-15(24-14)17(21)19-18-16(20)8-12-5-6-25(22,23)10-12/h9,11-12H,2-8,10H2,1H3,(H,18,20)(H,19,21)/t11-,12-/m1/s1. The lowest BCUT2D eigenvalue weighted by molar-refractivity contribution is -0.122. The predicted molar refractivity (Wildman–Crippen MR) is 97.1 cm³/mol. The van der Waals surface area contributed by atoms with Gasteiger partial charge >= 0.3 is 0 Å². The van der Waals surface area contributed by atoms with Gasteiger partial charge in [0.2, 0.25) is 5.91 Å². The largest absolute Gasteiger partial charge is 0.279 e. The second kappa shape index (κ2) is 7.45. The van der Waals surface area contributed by atoms with E-state index in [4.69, 9.17) is 0 Å². The zero-order valence-electron chi connectivity index (χ0n) is 14.3. The van der Waals surface area contributed by atoms with Crippen LogP contribution in [0.3, 0.4) is 0 Å². The lowest BCUT2D eigenvalue weighted by atomic mass is 9.87. The van der Waals surface area contributed by atoms with Crippen molar-refractivity contribution in [2.45, 2.75) is 45.4 Å². The average Bonchev–Trinajstić information content (AvgIpc) is 3.14. The quantitative estimate of drug-likeness (QED) is 0.775. The fourth-order valence-electron chi connectivity index (χ4n) is 3.59. The summed E-state index contributed by atoms with van der Waals surface area (Å²) >= 11 is 1.50. The van der Waals surface area contributed by atoms with Crippen LogP contribution in [0, 0.1) is 11.8 Å². The lowest BCUT2D eigenvalue weighted by Crippen LogP contribution is -2.42. The number of hydrazine groups is 1. The summed E-state index contributed by atoms with van der Waals surface area (Å²) in [6, 6.07) is 1.94. The Balaban J connectivity index is 1.50. The van der Waals surface area contributed by atoms with Crippen molar-refractivity contribution in [3.05, 3.63) is 21.4 Å². The number of sulfone groups is 1. The first-order valence-electron chi connectivity index (χ1n) is 8.77. The molecule has 25 heavy (non-hydrogen) atoms. The molecule has 138 valence electrons. The van der Waals surface area contributed by atoms with Crippen LogP contribution in [0.25, 0.3) is 0 Å². The van der Waals surface area contributed by atoms with Crippen molar-refractivity contribution in [1.29, 1.82) is 0 Å². The molecular weight excluding hydrogens is 360 g/mol. The number of hydrogen-bond acceptors (Lipinski definition) is 5. The molecule has 8 heteroatoms. The third-order valence-electron chi connectivity index (χ3n) is 5.10. The van der Waals surface area contributed by atoms with Gasteiger partial charge < -0.3 is 0 Å². The van der Waals surface area contributed by atoms with E-state index < -0.39 is 9.84 Å². The van der Waals surface area contributed by atoms with Gasteiger partial charge in [-0.1, -0.05) is 13.3 Å².